The molecule has 1 unspecified atom stereocenters. The van der Waals surface area contributed by atoms with Gasteiger partial charge in [-0.2, -0.15) is 0 Å². The maximum Gasteiger partial charge on any atom is 0.108 e. The molecule has 104 valence electrons. The Morgan fingerprint density at radius 3 is 1.94 bits per heavy atom. The summed E-state index contributed by atoms with van der Waals surface area (Å²) < 4.78 is 0. The predicted octanol–water partition coefficient (Wildman–Crippen LogP) is 0.355. The van der Waals surface area contributed by atoms with Crippen LogP contribution in [0.5, 0.6) is 0 Å². The minimum absolute atomic E-state index is 0.500. The van der Waals surface area contributed by atoms with E-state index in [1.165, 1.54) is 38.5 Å². The molecule has 1 aliphatic heterocycles. The molecule has 2 aliphatic carbocycles. The van der Waals surface area contributed by atoms with Crippen molar-refractivity contribution in [2.75, 3.05) is 19.6 Å². The molecule has 1 heterocycles. The zero-order valence-electron chi connectivity index (χ0n) is 11.0. The molecule has 0 radical (unpaired) electrons. The highest BCUT2D eigenvalue weighted by Gasteiger charge is 2.45. The summed E-state index contributed by atoms with van der Waals surface area (Å²) in [5.41, 5.74) is 0.730. The number of hydrogen-bond donors (Lipinski definition) is 3. The Hall–Kier alpha value is -0.160. The maximum atomic E-state index is 9.69. The Labute approximate surface area is 109 Å². The summed E-state index contributed by atoms with van der Waals surface area (Å²) in [5, 5.41) is 28.9. The fourth-order valence-corrected chi connectivity index (χ4v) is 3.74. The van der Waals surface area contributed by atoms with Crippen molar-refractivity contribution < 1.29 is 15.3 Å². The van der Waals surface area contributed by atoms with Crippen LogP contribution in [0.15, 0.2) is 0 Å². The van der Waals surface area contributed by atoms with Crippen LogP contribution in [0, 0.1) is 11.3 Å². The molecule has 3 rings (SSSR count). The quantitative estimate of drug-likeness (QED) is 0.666. The number of likely N-dealkylation sites (tertiary alicyclic amines) is 1. The van der Waals surface area contributed by atoms with Crippen molar-refractivity contribution >= 4 is 0 Å². The highest BCUT2D eigenvalue weighted by Crippen LogP contribution is 2.57. The summed E-state index contributed by atoms with van der Waals surface area (Å²) in [5.74, 6) is 0.714. The van der Waals surface area contributed by atoms with Gasteiger partial charge < -0.3 is 15.3 Å². The Kier molecular flexibility index (Phi) is 3.39. The number of aliphatic hydroxyl groups excluding tert-OH is 3. The molecule has 0 aromatic carbocycles. The van der Waals surface area contributed by atoms with E-state index < -0.39 is 18.3 Å². The molecular weight excluding hydrogens is 230 g/mol. The molecule has 4 heteroatoms. The lowest BCUT2D eigenvalue weighted by Gasteiger charge is -2.39. The smallest absolute Gasteiger partial charge is 0.108 e. The van der Waals surface area contributed by atoms with Crippen molar-refractivity contribution in [3.8, 4) is 0 Å². The molecule has 0 aromatic heterocycles. The molecule has 18 heavy (non-hydrogen) atoms. The summed E-state index contributed by atoms with van der Waals surface area (Å²) in [6, 6.07) is 0. The van der Waals surface area contributed by atoms with Crippen molar-refractivity contribution in [1.29, 1.82) is 0 Å². The topological polar surface area (TPSA) is 63.9 Å². The number of hydrogen-bond acceptors (Lipinski definition) is 4. The van der Waals surface area contributed by atoms with Crippen LogP contribution in [0.1, 0.15) is 38.5 Å². The third kappa shape index (κ3) is 2.57. The van der Waals surface area contributed by atoms with Gasteiger partial charge >= 0.3 is 0 Å². The van der Waals surface area contributed by atoms with E-state index >= 15 is 0 Å². The Morgan fingerprint density at radius 2 is 1.44 bits per heavy atom. The monoisotopic (exact) mass is 255 g/mol. The van der Waals surface area contributed by atoms with Crippen molar-refractivity contribution in [3.05, 3.63) is 0 Å². The summed E-state index contributed by atoms with van der Waals surface area (Å²) in [6.45, 7) is 1.97. The van der Waals surface area contributed by atoms with E-state index in [1.54, 1.807) is 0 Å². The van der Waals surface area contributed by atoms with Gasteiger partial charge in [0, 0.05) is 19.6 Å². The van der Waals surface area contributed by atoms with Gasteiger partial charge in [-0.3, -0.25) is 4.90 Å². The van der Waals surface area contributed by atoms with Crippen LogP contribution in [0.25, 0.3) is 0 Å². The number of rotatable bonds is 2. The van der Waals surface area contributed by atoms with Gasteiger partial charge in [0.1, 0.15) is 6.10 Å². The first-order valence-electron chi connectivity index (χ1n) is 7.35. The van der Waals surface area contributed by atoms with Gasteiger partial charge in [-0.05, 0) is 49.9 Å². The largest absolute Gasteiger partial charge is 0.389 e. The summed E-state index contributed by atoms with van der Waals surface area (Å²) in [4.78, 5) is 2.12. The highest BCUT2D eigenvalue weighted by atomic mass is 16.4. The summed E-state index contributed by atoms with van der Waals surface area (Å²) in [6.07, 6.45) is 5.65. The average Bonchev–Trinajstić information content (AvgIpc) is 3.09. The van der Waals surface area contributed by atoms with Crippen molar-refractivity contribution in [2.24, 2.45) is 11.3 Å². The lowest BCUT2D eigenvalue weighted by atomic mass is 9.79. The molecule has 3 aliphatic rings. The van der Waals surface area contributed by atoms with Gasteiger partial charge in [0.15, 0.2) is 0 Å². The van der Waals surface area contributed by atoms with Gasteiger partial charge in [0.2, 0.25) is 0 Å². The molecule has 1 spiro atoms. The van der Waals surface area contributed by atoms with E-state index in [4.69, 9.17) is 0 Å². The maximum absolute atomic E-state index is 9.69. The van der Waals surface area contributed by atoms with Gasteiger partial charge in [0.25, 0.3) is 0 Å². The standard InChI is InChI=1S/C14H25NO3/c16-11-8-15(9-12(17)13(11)18)7-10-1-3-14(4-2-10)5-6-14/h10-13,16-18H,1-9H2/t11-,12+,13?. The van der Waals surface area contributed by atoms with Crippen LogP contribution in [0.2, 0.25) is 0 Å². The second-order valence-corrected chi connectivity index (χ2v) is 6.79. The predicted molar refractivity (Wildman–Crippen MR) is 68.1 cm³/mol. The number of β-amino-alcohol motifs (C(OH)–C–C–N with tert-alkyl or cyclic N) is 2. The summed E-state index contributed by atoms with van der Waals surface area (Å²) >= 11 is 0. The van der Waals surface area contributed by atoms with Gasteiger partial charge in [-0.25, -0.2) is 0 Å². The van der Waals surface area contributed by atoms with E-state index in [2.05, 4.69) is 4.90 Å². The van der Waals surface area contributed by atoms with E-state index in [0.29, 0.717) is 19.0 Å². The normalized spacial score (nSPS) is 41.2. The number of nitrogens with zero attached hydrogens (tertiary/aromatic N) is 1. The second-order valence-electron chi connectivity index (χ2n) is 6.79. The Balaban J connectivity index is 1.48. The molecule has 3 N–H and O–H groups in total. The van der Waals surface area contributed by atoms with Crippen molar-refractivity contribution in [1.82, 2.24) is 4.90 Å². The molecule has 0 aromatic rings. The van der Waals surface area contributed by atoms with Crippen molar-refractivity contribution in [2.45, 2.75) is 56.8 Å². The highest BCUT2D eigenvalue weighted by molar-refractivity contribution is 4.97. The molecule has 3 atom stereocenters. The molecular formula is C14H25NO3. The fraction of sp³-hybridized carbons (Fsp3) is 1.00. The number of aliphatic hydroxyl groups is 3. The fourth-order valence-electron chi connectivity index (χ4n) is 3.74. The third-order valence-electron chi connectivity index (χ3n) is 5.32. The average molecular weight is 255 g/mol. The first-order chi connectivity index (χ1) is 8.58. The molecule has 4 nitrogen and oxygen atoms in total. The van der Waals surface area contributed by atoms with Crippen LogP contribution >= 0.6 is 0 Å². The van der Waals surface area contributed by atoms with Gasteiger partial charge in [0.05, 0.1) is 12.2 Å². The minimum Gasteiger partial charge on any atom is -0.389 e. The Morgan fingerprint density at radius 1 is 0.889 bits per heavy atom. The summed E-state index contributed by atoms with van der Waals surface area (Å²) in [7, 11) is 0. The van der Waals surface area contributed by atoms with Crippen LogP contribution < -0.4 is 0 Å². The van der Waals surface area contributed by atoms with Crippen LogP contribution in [-0.4, -0.2) is 58.2 Å². The lowest BCUT2D eigenvalue weighted by molar-refractivity contribution is -0.112. The van der Waals surface area contributed by atoms with Crippen LogP contribution in [0.3, 0.4) is 0 Å². The minimum atomic E-state index is -0.970. The first kappa shape index (κ1) is 12.9. The molecule has 0 amide bonds. The number of piperidine rings is 1. The van der Waals surface area contributed by atoms with E-state index in [1.807, 2.05) is 0 Å². The van der Waals surface area contributed by atoms with Gasteiger partial charge in [-0.1, -0.05) is 0 Å². The lowest BCUT2D eigenvalue weighted by Crippen LogP contribution is -2.56. The first-order valence-corrected chi connectivity index (χ1v) is 7.35. The van der Waals surface area contributed by atoms with E-state index in [9.17, 15) is 15.3 Å². The zero-order valence-corrected chi connectivity index (χ0v) is 11.0. The van der Waals surface area contributed by atoms with Crippen LogP contribution in [0.4, 0.5) is 0 Å². The SMILES string of the molecule is OC1[C@H](O)CN(CC2CCC3(CC2)CC3)C[C@@H]1O. The molecule has 2 saturated carbocycles. The van der Waals surface area contributed by atoms with Crippen LogP contribution in [-0.2, 0) is 0 Å². The molecule has 1 saturated heterocycles. The molecule has 3 fully saturated rings. The third-order valence-corrected chi connectivity index (χ3v) is 5.32. The molecule has 0 bridgehead atoms. The van der Waals surface area contributed by atoms with Gasteiger partial charge in [-0.15, -0.1) is 0 Å². The zero-order chi connectivity index (χ0) is 12.8. The van der Waals surface area contributed by atoms with E-state index in [-0.39, 0.29) is 0 Å². The Bertz CT molecular complexity index is 283. The van der Waals surface area contributed by atoms with Crippen molar-refractivity contribution in [3.63, 3.8) is 0 Å². The van der Waals surface area contributed by atoms with E-state index in [0.717, 1.165) is 12.0 Å². The second kappa shape index (κ2) is 4.75.